The molecule has 2 fully saturated rings. The average molecular weight is 269 g/mol. The van der Waals surface area contributed by atoms with E-state index in [0.717, 1.165) is 32.8 Å². The van der Waals surface area contributed by atoms with E-state index >= 15 is 0 Å². The fraction of sp³-hybridized carbons (Fsp3) is 1.00. The van der Waals surface area contributed by atoms with E-state index in [1.165, 1.54) is 32.1 Å². The zero-order valence-corrected chi connectivity index (χ0v) is 13.0. The molecule has 1 saturated heterocycles. The van der Waals surface area contributed by atoms with Crippen LogP contribution in [0.25, 0.3) is 0 Å². The molecule has 1 aliphatic carbocycles. The lowest BCUT2D eigenvalue weighted by Gasteiger charge is -2.49. The summed E-state index contributed by atoms with van der Waals surface area (Å²) in [7, 11) is 0. The molecule has 1 unspecified atom stereocenters. The van der Waals surface area contributed by atoms with Gasteiger partial charge < -0.3 is 9.84 Å². The Morgan fingerprint density at radius 3 is 2.21 bits per heavy atom. The van der Waals surface area contributed by atoms with Crippen molar-refractivity contribution in [2.45, 2.75) is 59.0 Å². The summed E-state index contributed by atoms with van der Waals surface area (Å²) in [6.07, 6.45) is 6.05. The topological polar surface area (TPSA) is 32.7 Å². The third-order valence-electron chi connectivity index (χ3n) is 4.89. The summed E-state index contributed by atoms with van der Waals surface area (Å²) < 4.78 is 5.45. The predicted molar refractivity (Wildman–Crippen MR) is 78.2 cm³/mol. The van der Waals surface area contributed by atoms with Crippen LogP contribution in [0.4, 0.5) is 0 Å². The molecule has 19 heavy (non-hydrogen) atoms. The fourth-order valence-corrected chi connectivity index (χ4v) is 3.90. The molecular weight excluding hydrogens is 238 g/mol. The second-order valence-corrected chi connectivity index (χ2v) is 7.58. The molecule has 0 bridgehead atoms. The molecule has 2 rings (SSSR count). The first-order valence-electron chi connectivity index (χ1n) is 7.92. The van der Waals surface area contributed by atoms with Crippen molar-refractivity contribution in [3.05, 3.63) is 0 Å². The molecule has 112 valence electrons. The highest BCUT2D eigenvalue weighted by molar-refractivity contribution is 4.96. The minimum atomic E-state index is -0.205. The quantitative estimate of drug-likeness (QED) is 0.855. The number of rotatable bonds is 3. The normalized spacial score (nSPS) is 27.2. The molecule has 0 aromatic carbocycles. The highest BCUT2D eigenvalue weighted by atomic mass is 16.5. The molecule has 2 aliphatic rings. The molecule has 1 saturated carbocycles. The minimum Gasteiger partial charge on any atom is -0.392 e. The van der Waals surface area contributed by atoms with E-state index in [1.807, 2.05) is 0 Å². The van der Waals surface area contributed by atoms with E-state index < -0.39 is 0 Å². The number of hydrogen-bond acceptors (Lipinski definition) is 3. The molecule has 3 heteroatoms. The largest absolute Gasteiger partial charge is 0.392 e. The van der Waals surface area contributed by atoms with Crippen molar-refractivity contribution in [3.8, 4) is 0 Å². The molecule has 1 aliphatic heterocycles. The zero-order valence-electron chi connectivity index (χ0n) is 13.0. The van der Waals surface area contributed by atoms with Crippen LogP contribution in [0.1, 0.15) is 52.9 Å². The summed E-state index contributed by atoms with van der Waals surface area (Å²) in [4.78, 5) is 2.50. The van der Waals surface area contributed by atoms with E-state index in [2.05, 4.69) is 25.7 Å². The van der Waals surface area contributed by atoms with E-state index in [9.17, 15) is 5.11 Å². The van der Waals surface area contributed by atoms with Gasteiger partial charge in [0.05, 0.1) is 19.3 Å². The summed E-state index contributed by atoms with van der Waals surface area (Å²) >= 11 is 0. The Labute approximate surface area is 118 Å². The third kappa shape index (κ3) is 3.71. The molecule has 1 heterocycles. The number of aliphatic hydroxyl groups excluding tert-OH is 1. The molecule has 1 N–H and O–H groups in total. The predicted octanol–water partition coefficient (Wildman–Crippen LogP) is 2.68. The van der Waals surface area contributed by atoms with E-state index in [4.69, 9.17) is 4.74 Å². The summed E-state index contributed by atoms with van der Waals surface area (Å²) in [6, 6.07) is 0. The molecule has 3 nitrogen and oxygen atoms in total. The van der Waals surface area contributed by atoms with Gasteiger partial charge in [-0.15, -0.1) is 0 Å². The van der Waals surface area contributed by atoms with Crippen molar-refractivity contribution >= 4 is 0 Å². The second-order valence-electron chi connectivity index (χ2n) is 7.58. The van der Waals surface area contributed by atoms with Gasteiger partial charge in [0, 0.05) is 25.0 Å². The van der Waals surface area contributed by atoms with Crippen molar-refractivity contribution in [2.75, 3.05) is 32.8 Å². The molecule has 0 aromatic rings. The summed E-state index contributed by atoms with van der Waals surface area (Å²) in [6.45, 7) is 11.3. The van der Waals surface area contributed by atoms with Gasteiger partial charge >= 0.3 is 0 Å². The van der Waals surface area contributed by atoms with Crippen molar-refractivity contribution in [2.24, 2.45) is 10.8 Å². The minimum absolute atomic E-state index is 0.0242. The van der Waals surface area contributed by atoms with Crippen LogP contribution in [0.2, 0.25) is 0 Å². The SMILES string of the molecule is CC(C)(C)C(O)C1(CN2CCOCC2)CCCCC1. The molecule has 1 atom stereocenters. The Morgan fingerprint density at radius 1 is 1.11 bits per heavy atom. The van der Waals surface area contributed by atoms with E-state index in [1.54, 1.807) is 0 Å². The fourth-order valence-electron chi connectivity index (χ4n) is 3.90. The van der Waals surface area contributed by atoms with Gasteiger partial charge in [-0.05, 0) is 18.3 Å². The van der Waals surface area contributed by atoms with Crippen molar-refractivity contribution < 1.29 is 9.84 Å². The summed E-state index contributed by atoms with van der Waals surface area (Å²) in [5.74, 6) is 0. The molecule has 0 amide bonds. The maximum Gasteiger partial charge on any atom is 0.0656 e. The standard InChI is InChI=1S/C16H31NO2/c1-15(2,3)14(18)16(7-5-4-6-8-16)13-17-9-11-19-12-10-17/h14,18H,4-13H2,1-3H3. The number of ether oxygens (including phenoxy) is 1. The lowest BCUT2D eigenvalue weighted by molar-refractivity contribution is -0.0945. The van der Waals surface area contributed by atoms with Gasteiger partial charge in [0.15, 0.2) is 0 Å². The van der Waals surface area contributed by atoms with Gasteiger partial charge in [0.2, 0.25) is 0 Å². The Kier molecular flexibility index (Phi) is 4.91. The lowest BCUT2D eigenvalue weighted by Crippen LogP contribution is -2.53. The van der Waals surface area contributed by atoms with Crippen LogP contribution >= 0.6 is 0 Å². The first kappa shape index (κ1) is 15.3. The van der Waals surface area contributed by atoms with Crippen LogP contribution in [-0.2, 0) is 4.74 Å². The smallest absolute Gasteiger partial charge is 0.0656 e. The van der Waals surface area contributed by atoms with Crippen LogP contribution in [0.15, 0.2) is 0 Å². The Bertz CT molecular complexity index is 273. The number of morpholine rings is 1. The van der Waals surface area contributed by atoms with Crippen LogP contribution in [0.5, 0.6) is 0 Å². The zero-order chi connectivity index (χ0) is 13.9. The number of aliphatic hydroxyl groups is 1. The first-order valence-corrected chi connectivity index (χ1v) is 7.92. The molecular formula is C16H31NO2. The summed E-state index contributed by atoms with van der Waals surface area (Å²) in [5, 5.41) is 10.9. The first-order chi connectivity index (χ1) is 8.94. The second kappa shape index (κ2) is 6.11. The lowest BCUT2D eigenvalue weighted by atomic mass is 9.63. The van der Waals surface area contributed by atoms with Gasteiger partial charge in [0.25, 0.3) is 0 Å². The van der Waals surface area contributed by atoms with Crippen LogP contribution in [0.3, 0.4) is 0 Å². The Morgan fingerprint density at radius 2 is 1.68 bits per heavy atom. The van der Waals surface area contributed by atoms with E-state index in [-0.39, 0.29) is 16.9 Å². The van der Waals surface area contributed by atoms with Crippen LogP contribution in [-0.4, -0.2) is 49.0 Å². The van der Waals surface area contributed by atoms with Gasteiger partial charge in [0.1, 0.15) is 0 Å². The average Bonchev–Trinajstić information content (AvgIpc) is 2.39. The summed E-state index contributed by atoms with van der Waals surface area (Å²) in [5.41, 5.74) is 0.0808. The monoisotopic (exact) mass is 269 g/mol. The van der Waals surface area contributed by atoms with Crippen LogP contribution in [0, 0.1) is 10.8 Å². The van der Waals surface area contributed by atoms with Gasteiger partial charge in [-0.3, -0.25) is 4.90 Å². The molecule has 0 spiro atoms. The highest BCUT2D eigenvalue weighted by Gasteiger charge is 2.45. The van der Waals surface area contributed by atoms with Crippen molar-refractivity contribution in [1.29, 1.82) is 0 Å². The Hall–Kier alpha value is -0.120. The van der Waals surface area contributed by atoms with Gasteiger partial charge in [-0.25, -0.2) is 0 Å². The van der Waals surface area contributed by atoms with E-state index in [0.29, 0.717) is 0 Å². The number of hydrogen-bond donors (Lipinski definition) is 1. The number of nitrogens with zero attached hydrogens (tertiary/aromatic N) is 1. The van der Waals surface area contributed by atoms with Crippen molar-refractivity contribution in [1.82, 2.24) is 4.90 Å². The van der Waals surface area contributed by atoms with Gasteiger partial charge in [-0.2, -0.15) is 0 Å². The van der Waals surface area contributed by atoms with Crippen molar-refractivity contribution in [3.63, 3.8) is 0 Å². The Balaban J connectivity index is 2.09. The maximum absolute atomic E-state index is 10.9. The van der Waals surface area contributed by atoms with Crippen LogP contribution < -0.4 is 0 Å². The molecule has 0 aromatic heterocycles. The maximum atomic E-state index is 10.9. The van der Waals surface area contributed by atoms with Gasteiger partial charge in [-0.1, -0.05) is 40.0 Å². The molecule has 0 radical (unpaired) electrons. The third-order valence-corrected chi connectivity index (χ3v) is 4.89. The highest BCUT2D eigenvalue weighted by Crippen LogP contribution is 2.45.